The normalized spacial score (nSPS) is 15.0. The van der Waals surface area contributed by atoms with E-state index in [0.29, 0.717) is 22.4 Å². The number of amides is 2. The molecule has 2 N–H and O–H groups in total. The molecular weight excluding hydrogens is 280 g/mol. The Morgan fingerprint density at radius 3 is 2.64 bits per heavy atom. The Labute approximate surface area is 125 Å². The standard InChI is InChI=1S/C16H12N4O2/c1-20-7-12(18-8-20)14-13(15(21)19-16(14)22)10-6-17-11-5-3-2-4-9(10)11/h2-8,17H,1H3,(H,19,21,22). The predicted octanol–water partition coefficient (Wildman–Crippen LogP) is 1.47. The van der Waals surface area contributed by atoms with Crippen LogP contribution in [0.4, 0.5) is 0 Å². The van der Waals surface area contributed by atoms with Crippen molar-refractivity contribution in [1.82, 2.24) is 19.9 Å². The van der Waals surface area contributed by atoms with Gasteiger partial charge in [-0.25, -0.2) is 4.98 Å². The molecule has 0 atom stereocenters. The van der Waals surface area contributed by atoms with Crippen LogP contribution in [0.2, 0.25) is 0 Å². The maximum absolute atomic E-state index is 12.3. The average Bonchev–Trinajstić information content (AvgIpc) is 3.16. The summed E-state index contributed by atoms with van der Waals surface area (Å²) < 4.78 is 1.74. The van der Waals surface area contributed by atoms with Gasteiger partial charge in [-0.05, 0) is 6.07 Å². The lowest BCUT2D eigenvalue weighted by atomic mass is 9.99. The molecule has 4 rings (SSSR count). The molecule has 6 heteroatoms. The molecule has 0 radical (unpaired) electrons. The number of aromatic amines is 1. The third-order valence-electron chi connectivity index (χ3n) is 3.75. The maximum atomic E-state index is 12.3. The lowest BCUT2D eigenvalue weighted by Crippen LogP contribution is -2.22. The van der Waals surface area contributed by atoms with E-state index in [1.165, 1.54) is 0 Å². The average molecular weight is 292 g/mol. The van der Waals surface area contributed by atoms with Crippen LogP contribution in [0.3, 0.4) is 0 Å². The SMILES string of the molecule is Cn1cnc(C2=C(c3c[nH]c4ccccc34)C(=O)NC2=O)c1. The first-order chi connectivity index (χ1) is 10.6. The number of aryl methyl sites for hydroxylation is 1. The van der Waals surface area contributed by atoms with Crippen LogP contribution < -0.4 is 5.32 Å². The summed E-state index contributed by atoms with van der Waals surface area (Å²) in [6, 6.07) is 7.65. The van der Waals surface area contributed by atoms with Crippen molar-refractivity contribution in [2.75, 3.05) is 0 Å². The number of carbonyl (C=O) groups excluding carboxylic acids is 2. The van der Waals surface area contributed by atoms with Crippen LogP contribution in [-0.2, 0) is 16.6 Å². The smallest absolute Gasteiger partial charge is 0.261 e. The Bertz CT molecular complexity index is 961. The zero-order valence-electron chi connectivity index (χ0n) is 11.8. The number of hydrogen-bond acceptors (Lipinski definition) is 3. The highest BCUT2D eigenvalue weighted by atomic mass is 16.2. The van der Waals surface area contributed by atoms with Crippen molar-refractivity contribution in [3.8, 4) is 0 Å². The van der Waals surface area contributed by atoms with Crippen LogP contribution in [0.15, 0.2) is 43.0 Å². The second-order valence-corrected chi connectivity index (χ2v) is 5.21. The van der Waals surface area contributed by atoms with E-state index in [2.05, 4.69) is 15.3 Å². The summed E-state index contributed by atoms with van der Waals surface area (Å²) >= 11 is 0. The highest BCUT2D eigenvalue weighted by Crippen LogP contribution is 2.34. The van der Waals surface area contributed by atoms with Crippen LogP contribution in [-0.4, -0.2) is 26.3 Å². The summed E-state index contributed by atoms with van der Waals surface area (Å²) in [7, 11) is 1.82. The molecule has 6 nitrogen and oxygen atoms in total. The summed E-state index contributed by atoms with van der Waals surface area (Å²) in [5.74, 6) is -0.806. The molecule has 0 unspecified atom stereocenters. The van der Waals surface area contributed by atoms with Crippen molar-refractivity contribution in [1.29, 1.82) is 0 Å². The first kappa shape index (κ1) is 12.6. The van der Waals surface area contributed by atoms with Crippen molar-refractivity contribution in [3.63, 3.8) is 0 Å². The maximum Gasteiger partial charge on any atom is 0.261 e. The minimum absolute atomic E-state index is 0.315. The molecular formula is C16H12N4O2. The van der Waals surface area contributed by atoms with Crippen molar-refractivity contribution < 1.29 is 9.59 Å². The quantitative estimate of drug-likeness (QED) is 0.702. The van der Waals surface area contributed by atoms with E-state index in [1.807, 2.05) is 31.3 Å². The van der Waals surface area contributed by atoms with Gasteiger partial charge in [0.15, 0.2) is 0 Å². The lowest BCUT2D eigenvalue weighted by Gasteiger charge is -2.00. The fourth-order valence-electron chi connectivity index (χ4n) is 2.78. The second-order valence-electron chi connectivity index (χ2n) is 5.21. The van der Waals surface area contributed by atoms with Gasteiger partial charge in [0.05, 0.1) is 23.2 Å². The number of imidazole rings is 1. The molecule has 22 heavy (non-hydrogen) atoms. The summed E-state index contributed by atoms with van der Waals surface area (Å²) in [6.45, 7) is 0. The molecule has 0 saturated heterocycles. The van der Waals surface area contributed by atoms with Crippen molar-refractivity contribution in [2.45, 2.75) is 0 Å². The molecule has 0 saturated carbocycles. The number of carbonyl (C=O) groups is 2. The van der Waals surface area contributed by atoms with Crippen molar-refractivity contribution in [3.05, 3.63) is 54.2 Å². The number of aromatic nitrogens is 3. The first-order valence-corrected chi connectivity index (χ1v) is 6.80. The summed E-state index contributed by atoms with van der Waals surface area (Å²) in [6.07, 6.45) is 5.08. The first-order valence-electron chi connectivity index (χ1n) is 6.80. The van der Waals surface area contributed by atoms with Crippen LogP contribution >= 0.6 is 0 Å². The van der Waals surface area contributed by atoms with E-state index in [4.69, 9.17) is 0 Å². The van der Waals surface area contributed by atoms with Gasteiger partial charge in [0.1, 0.15) is 0 Å². The molecule has 1 aliphatic heterocycles. The molecule has 3 aromatic rings. The number of nitrogens with one attached hydrogen (secondary N) is 2. The third kappa shape index (κ3) is 1.70. The summed E-state index contributed by atoms with van der Waals surface area (Å²) in [4.78, 5) is 31.8. The van der Waals surface area contributed by atoms with Crippen LogP contribution in [0.5, 0.6) is 0 Å². The number of rotatable bonds is 2. The number of benzene rings is 1. The Morgan fingerprint density at radius 1 is 1.09 bits per heavy atom. The van der Waals surface area contributed by atoms with Gasteiger partial charge in [-0.2, -0.15) is 0 Å². The van der Waals surface area contributed by atoms with E-state index in [1.54, 1.807) is 23.3 Å². The Balaban J connectivity index is 2.02. The van der Waals surface area contributed by atoms with Crippen molar-refractivity contribution >= 4 is 33.9 Å². The number of H-pyrrole nitrogens is 1. The van der Waals surface area contributed by atoms with E-state index >= 15 is 0 Å². The second kappa shape index (κ2) is 4.42. The van der Waals surface area contributed by atoms with Gasteiger partial charge in [0, 0.05) is 35.9 Å². The number of fused-ring (bicyclic) bond motifs is 1. The van der Waals surface area contributed by atoms with E-state index in [-0.39, 0.29) is 0 Å². The van der Waals surface area contributed by atoms with Gasteiger partial charge < -0.3 is 9.55 Å². The van der Waals surface area contributed by atoms with Gasteiger partial charge in [-0.15, -0.1) is 0 Å². The molecule has 2 amide bonds. The molecule has 0 aliphatic carbocycles. The van der Waals surface area contributed by atoms with Gasteiger partial charge in [-0.3, -0.25) is 14.9 Å². The zero-order chi connectivity index (χ0) is 15.3. The zero-order valence-corrected chi connectivity index (χ0v) is 11.8. The summed E-state index contributed by atoms with van der Waals surface area (Å²) in [5, 5.41) is 3.26. The molecule has 0 fully saturated rings. The number of imide groups is 1. The molecule has 108 valence electrons. The van der Waals surface area contributed by atoms with E-state index in [0.717, 1.165) is 10.9 Å². The van der Waals surface area contributed by atoms with Gasteiger partial charge in [0.25, 0.3) is 11.8 Å². The summed E-state index contributed by atoms with van der Waals surface area (Å²) in [5.41, 5.74) is 2.79. The molecule has 0 bridgehead atoms. The number of hydrogen-bond donors (Lipinski definition) is 2. The van der Waals surface area contributed by atoms with E-state index in [9.17, 15) is 9.59 Å². The van der Waals surface area contributed by atoms with Crippen LogP contribution in [0.25, 0.3) is 22.0 Å². The predicted molar refractivity (Wildman–Crippen MR) is 81.5 cm³/mol. The highest BCUT2D eigenvalue weighted by molar-refractivity contribution is 6.49. The molecule has 1 aliphatic rings. The molecule has 1 aromatic carbocycles. The molecule has 3 heterocycles. The minimum atomic E-state index is -0.413. The highest BCUT2D eigenvalue weighted by Gasteiger charge is 2.34. The van der Waals surface area contributed by atoms with E-state index < -0.39 is 11.8 Å². The van der Waals surface area contributed by atoms with Gasteiger partial charge >= 0.3 is 0 Å². The largest absolute Gasteiger partial charge is 0.361 e. The lowest BCUT2D eigenvalue weighted by molar-refractivity contribution is -0.122. The molecule has 2 aromatic heterocycles. The fraction of sp³-hybridized carbons (Fsp3) is 0.0625. The van der Waals surface area contributed by atoms with Gasteiger partial charge in [-0.1, -0.05) is 18.2 Å². The number of para-hydroxylation sites is 1. The number of nitrogens with zero attached hydrogens (tertiary/aromatic N) is 2. The Morgan fingerprint density at radius 2 is 1.86 bits per heavy atom. The Kier molecular flexibility index (Phi) is 2.53. The monoisotopic (exact) mass is 292 g/mol. The van der Waals surface area contributed by atoms with Crippen LogP contribution in [0, 0.1) is 0 Å². The van der Waals surface area contributed by atoms with Crippen molar-refractivity contribution in [2.24, 2.45) is 7.05 Å². The van der Waals surface area contributed by atoms with Gasteiger partial charge in [0.2, 0.25) is 0 Å². The third-order valence-corrected chi connectivity index (χ3v) is 3.75. The molecule has 0 spiro atoms. The topological polar surface area (TPSA) is 79.8 Å². The Hall–Kier alpha value is -3.15. The van der Waals surface area contributed by atoms with Crippen LogP contribution in [0.1, 0.15) is 11.3 Å². The fourth-order valence-corrected chi connectivity index (χ4v) is 2.78. The minimum Gasteiger partial charge on any atom is -0.361 e.